The zero-order chi connectivity index (χ0) is 15.2. The molecule has 0 radical (unpaired) electrons. The number of rotatable bonds is 5. The molecule has 108 valence electrons. The van der Waals surface area contributed by atoms with Crippen molar-refractivity contribution in [2.75, 3.05) is 6.61 Å². The molecule has 0 atom stereocenters. The summed E-state index contributed by atoms with van der Waals surface area (Å²) in [5, 5.41) is 17.7. The highest BCUT2D eigenvalue weighted by Gasteiger charge is 2.06. The maximum absolute atomic E-state index is 12.8. The van der Waals surface area contributed by atoms with E-state index in [1.165, 1.54) is 30.6 Å². The van der Waals surface area contributed by atoms with Crippen LogP contribution < -0.4 is 0 Å². The van der Waals surface area contributed by atoms with Crippen LogP contribution in [-0.4, -0.2) is 32.8 Å². The van der Waals surface area contributed by atoms with Gasteiger partial charge in [-0.25, -0.2) is 9.18 Å². The van der Waals surface area contributed by atoms with Crippen LogP contribution in [-0.2, 0) is 11.2 Å². The summed E-state index contributed by atoms with van der Waals surface area (Å²) in [5.41, 5.74) is 1.77. The Morgan fingerprint density at radius 1 is 1.19 bits per heavy atom. The molecule has 0 saturated heterocycles. The van der Waals surface area contributed by atoms with Crippen molar-refractivity contribution in [1.29, 1.82) is 0 Å². The fraction of sp³-hybridized carbons (Fsp3) is 0.133. The van der Waals surface area contributed by atoms with Crippen molar-refractivity contribution in [1.82, 2.24) is 9.97 Å². The average molecular weight is 288 g/mol. The molecule has 2 N–H and O–H groups in total. The van der Waals surface area contributed by atoms with E-state index in [1.807, 2.05) is 0 Å². The third kappa shape index (κ3) is 4.19. The zero-order valence-corrected chi connectivity index (χ0v) is 11.0. The van der Waals surface area contributed by atoms with Gasteiger partial charge in [-0.15, -0.1) is 0 Å². The molecule has 5 nitrogen and oxygen atoms in total. The summed E-state index contributed by atoms with van der Waals surface area (Å²) in [4.78, 5) is 19.0. The van der Waals surface area contributed by atoms with E-state index in [-0.39, 0.29) is 11.4 Å². The van der Waals surface area contributed by atoms with Crippen molar-refractivity contribution in [3.05, 3.63) is 65.0 Å². The number of benzene rings is 1. The van der Waals surface area contributed by atoms with Gasteiger partial charge in [0.15, 0.2) is 0 Å². The number of nitrogens with zero attached hydrogens (tertiary/aromatic N) is 2. The van der Waals surface area contributed by atoms with Crippen molar-refractivity contribution in [3.8, 4) is 0 Å². The van der Waals surface area contributed by atoms with Crippen LogP contribution in [0.3, 0.4) is 0 Å². The molecule has 1 aromatic carbocycles. The van der Waals surface area contributed by atoms with Crippen LogP contribution >= 0.6 is 0 Å². The number of halogens is 1. The lowest BCUT2D eigenvalue weighted by molar-refractivity contribution is -0.133. The number of aliphatic hydroxyl groups is 1. The summed E-state index contributed by atoms with van der Waals surface area (Å²) in [5.74, 6) is -1.50. The average Bonchev–Trinajstić information content (AvgIpc) is 2.48. The first kappa shape index (κ1) is 14.8. The highest BCUT2D eigenvalue weighted by molar-refractivity contribution is 5.92. The topological polar surface area (TPSA) is 83.3 Å². The fourth-order valence-electron chi connectivity index (χ4n) is 1.70. The van der Waals surface area contributed by atoms with E-state index in [0.717, 1.165) is 5.56 Å². The second-order valence-electron chi connectivity index (χ2n) is 4.37. The normalized spacial score (nSPS) is 11.4. The van der Waals surface area contributed by atoms with Crippen LogP contribution in [0.15, 0.2) is 42.2 Å². The van der Waals surface area contributed by atoms with E-state index in [2.05, 4.69) is 9.97 Å². The fourth-order valence-corrected chi connectivity index (χ4v) is 1.70. The number of aliphatic hydroxyl groups excluding tert-OH is 1. The Morgan fingerprint density at radius 3 is 2.43 bits per heavy atom. The Morgan fingerprint density at radius 2 is 1.90 bits per heavy atom. The molecule has 1 heterocycles. The minimum Gasteiger partial charge on any atom is -0.478 e. The number of carboxylic acid groups (broad SMARTS) is 1. The predicted molar refractivity (Wildman–Crippen MR) is 73.9 cm³/mol. The van der Waals surface area contributed by atoms with Crippen molar-refractivity contribution < 1.29 is 19.4 Å². The van der Waals surface area contributed by atoms with Crippen LogP contribution in [0.5, 0.6) is 0 Å². The van der Waals surface area contributed by atoms with E-state index in [1.54, 1.807) is 12.1 Å². The molecular weight excluding hydrogens is 275 g/mol. The van der Waals surface area contributed by atoms with Gasteiger partial charge < -0.3 is 10.2 Å². The van der Waals surface area contributed by atoms with E-state index in [9.17, 15) is 9.18 Å². The highest BCUT2D eigenvalue weighted by Crippen LogP contribution is 2.09. The lowest BCUT2D eigenvalue weighted by Gasteiger charge is -2.02. The summed E-state index contributed by atoms with van der Waals surface area (Å²) < 4.78 is 12.8. The van der Waals surface area contributed by atoms with Crippen LogP contribution in [0, 0.1) is 5.82 Å². The molecule has 0 aliphatic rings. The standard InChI is InChI=1S/C15H13FN2O3/c16-12-3-1-10(2-4-12)5-13-7-18-14(8-17-13)6-11(9-19)15(20)21/h1-4,6-8,19H,5,9H2,(H,20,21). The zero-order valence-electron chi connectivity index (χ0n) is 11.0. The van der Waals surface area contributed by atoms with Crippen LogP contribution in [0.2, 0.25) is 0 Å². The molecule has 0 saturated carbocycles. The second kappa shape index (κ2) is 6.71. The van der Waals surface area contributed by atoms with Crippen molar-refractivity contribution in [2.24, 2.45) is 0 Å². The third-order valence-electron chi connectivity index (χ3n) is 2.79. The Balaban J connectivity index is 2.12. The quantitative estimate of drug-likeness (QED) is 0.818. The molecule has 0 spiro atoms. The number of aliphatic carboxylic acids is 1. The summed E-state index contributed by atoms with van der Waals surface area (Å²) in [6, 6.07) is 6.08. The number of hydrogen-bond donors (Lipinski definition) is 2. The van der Waals surface area contributed by atoms with Gasteiger partial charge in [0.05, 0.1) is 29.8 Å². The third-order valence-corrected chi connectivity index (χ3v) is 2.79. The second-order valence-corrected chi connectivity index (χ2v) is 4.37. The van der Waals surface area contributed by atoms with Gasteiger partial charge in [-0.05, 0) is 23.8 Å². The van der Waals surface area contributed by atoms with Gasteiger partial charge in [-0.2, -0.15) is 0 Å². The minimum absolute atomic E-state index is 0.157. The molecule has 0 amide bonds. The van der Waals surface area contributed by atoms with Gasteiger partial charge in [0.1, 0.15) is 5.82 Å². The van der Waals surface area contributed by atoms with Crippen LogP contribution in [0.1, 0.15) is 17.0 Å². The first-order valence-corrected chi connectivity index (χ1v) is 6.18. The number of carboxylic acids is 1. The number of carbonyl (C=O) groups is 1. The Labute approximate surface area is 120 Å². The molecule has 2 rings (SSSR count). The summed E-state index contributed by atoms with van der Waals surface area (Å²) in [7, 11) is 0. The molecular formula is C15H13FN2O3. The maximum Gasteiger partial charge on any atom is 0.333 e. The van der Waals surface area contributed by atoms with E-state index in [0.29, 0.717) is 17.8 Å². The maximum atomic E-state index is 12.8. The van der Waals surface area contributed by atoms with Crippen molar-refractivity contribution >= 4 is 12.0 Å². The monoisotopic (exact) mass is 288 g/mol. The van der Waals surface area contributed by atoms with Gasteiger partial charge in [0.25, 0.3) is 0 Å². The molecule has 0 aliphatic heterocycles. The number of hydrogen-bond acceptors (Lipinski definition) is 4. The summed E-state index contributed by atoms with van der Waals surface area (Å²) in [6.45, 7) is -0.575. The van der Waals surface area contributed by atoms with Gasteiger partial charge >= 0.3 is 5.97 Å². The van der Waals surface area contributed by atoms with E-state index in [4.69, 9.17) is 10.2 Å². The molecule has 0 aliphatic carbocycles. The molecule has 2 aromatic rings. The molecule has 6 heteroatoms. The predicted octanol–water partition coefficient (Wildman–Crippen LogP) is 1.67. The first-order chi connectivity index (χ1) is 10.1. The van der Waals surface area contributed by atoms with E-state index >= 15 is 0 Å². The molecule has 1 aromatic heterocycles. The van der Waals surface area contributed by atoms with Crippen LogP contribution in [0.4, 0.5) is 4.39 Å². The van der Waals surface area contributed by atoms with Crippen LogP contribution in [0.25, 0.3) is 6.08 Å². The largest absolute Gasteiger partial charge is 0.478 e. The number of aromatic nitrogens is 2. The van der Waals surface area contributed by atoms with Crippen molar-refractivity contribution in [3.63, 3.8) is 0 Å². The first-order valence-electron chi connectivity index (χ1n) is 6.18. The molecule has 0 bridgehead atoms. The summed E-state index contributed by atoms with van der Waals surface area (Å²) >= 11 is 0. The van der Waals surface area contributed by atoms with Gasteiger partial charge in [0.2, 0.25) is 0 Å². The summed E-state index contributed by atoms with van der Waals surface area (Å²) in [6.07, 6.45) is 4.71. The highest BCUT2D eigenvalue weighted by atomic mass is 19.1. The van der Waals surface area contributed by atoms with Crippen molar-refractivity contribution in [2.45, 2.75) is 6.42 Å². The molecule has 0 fully saturated rings. The van der Waals surface area contributed by atoms with E-state index < -0.39 is 12.6 Å². The van der Waals surface area contributed by atoms with Gasteiger partial charge in [0, 0.05) is 12.6 Å². The lowest BCUT2D eigenvalue weighted by atomic mass is 10.1. The SMILES string of the molecule is O=C(O)C(=Cc1cnc(Cc2ccc(F)cc2)cn1)CO. The Kier molecular flexibility index (Phi) is 4.73. The lowest BCUT2D eigenvalue weighted by Crippen LogP contribution is -2.05. The Hall–Kier alpha value is -2.60. The van der Waals surface area contributed by atoms with Gasteiger partial charge in [-0.3, -0.25) is 9.97 Å². The molecule has 0 unspecified atom stereocenters. The smallest absolute Gasteiger partial charge is 0.333 e. The minimum atomic E-state index is -1.20. The Bertz CT molecular complexity index is 652. The van der Waals surface area contributed by atoms with Gasteiger partial charge in [-0.1, -0.05) is 12.1 Å². The molecule has 21 heavy (non-hydrogen) atoms.